The van der Waals surface area contributed by atoms with Crippen molar-refractivity contribution in [3.05, 3.63) is 24.3 Å². The van der Waals surface area contributed by atoms with Crippen LogP contribution in [-0.4, -0.2) is 48.8 Å². The van der Waals surface area contributed by atoms with Crippen LogP contribution in [0.15, 0.2) is 24.3 Å². The van der Waals surface area contributed by atoms with Crippen molar-refractivity contribution in [2.75, 3.05) is 26.7 Å². The van der Waals surface area contributed by atoms with Crippen molar-refractivity contribution < 1.29 is 14.8 Å². The average molecular weight is 291 g/mol. The Morgan fingerprint density at radius 1 is 1.24 bits per heavy atom. The number of likely N-dealkylation sites (N-methyl/N-ethyl adjacent to an activating group) is 1. The molecule has 0 radical (unpaired) electrons. The Balaban J connectivity index is 1.69. The second-order valence-electron chi connectivity index (χ2n) is 6.06. The third kappa shape index (κ3) is 5.69. The fourth-order valence-electron chi connectivity index (χ4n) is 2.99. The first-order chi connectivity index (χ1) is 10.1. The van der Waals surface area contributed by atoms with Crippen LogP contribution in [0.3, 0.4) is 0 Å². The molecule has 0 unspecified atom stereocenters. The molecule has 1 aromatic carbocycles. The molecule has 0 bridgehead atoms. The lowest BCUT2D eigenvalue weighted by Crippen LogP contribution is -2.31. The van der Waals surface area contributed by atoms with Gasteiger partial charge in [-0.15, -0.1) is 0 Å². The van der Waals surface area contributed by atoms with E-state index in [1.165, 1.54) is 32.1 Å². The maximum atomic E-state index is 9.14. The molecule has 5 heteroatoms. The summed E-state index contributed by atoms with van der Waals surface area (Å²) in [4.78, 5) is 2.33. The summed E-state index contributed by atoms with van der Waals surface area (Å²) in [6.07, 6.45) is 6.89. The molecule has 1 saturated carbocycles. The van der Waals surface area contributed by atoms with E-state index in [4.69, 9.17) is 14.8 Å². The molecular formula is C16H26BNO3. The van der Waals surface area contributed by atoms with Crippen molar-refractivity contribution in [2.45, 2.75) is 32.1 Å². The van der Waals surface area contributed by atoms with Crippen molar-refractivity contribution in [1.82, 2.24) is 4.90 Å². The Kier molecular flexibility index (Phi) is 6.55. The molecule has 1 fully saturated rings. The van der Waals surface area contributed by atoms with Crippen molar-refractivity contribution in [2.24, 2.45) is 5.92 Å². The molecule has 1 aliphatic rings. The van der Waals surface area contributed by atoms with Crippen LogP contribution in [0, 0.1) is 5.92 Å². The summed E-state index contributed by atoms with van der Waals surface area (Å²) in [5, 5.41) is 18.3. The summed E-state index contributed by atoms with van der Waals surface area (Å²) < 4.78 is 5.69. The molecule has 2 rings (SSSR count). The van der Waals surface area contributed by atoms with Crippen LogP contribution in [0.25, 0.3) is 0 Å². The molecule has 1 aliphatic carbocycles. The lowest BCUT2D eigenvalue weighted by atomic mass is 9.80. The zero-order chi connectivity index (χ0) is 15.1. The molecule has 0 amide bonds. The van der Waals surface area contributed by atoms with Crippen molar-refractivity contribution in [3.63, 3.8) is 0 Å². The van der Waals surface area contributed by atoms with Gasteiger partial charge in [-0.3, -0.25) is 0 Å². The van der Waals surface area contributed by atoms with Crippen molar-refractivity contribution in [3.8, 4) is 5.75 Å². The molecule has 0 saturated heterocycles. The van der Waals surface area contributed by atoms with Gasteiger partial charge in [0, 0.05) is 13.1 Å². The topological polar surface area (TPSA) is 52.9 Å². The van der Waals surface area contributed by atoms with Crippen molar-refractivity contribution >= 4 is 12.6 Å². The van der Waals surface area contributed by atoms with E-state index in [9.17, 15) is 0 Å². The van der Waals surface area contributed by atoms with Crippen molar-refractivity contribution in [1.29, 1.82) is 0 Å². The van der Waals surface area contributed by atoms with Crippen LogP contribution >= 0.6 is 0 Å². The summed E-state index contributed by atoms with van der Waals surface area (Å²) in [5.74, 6) is 1.53. The van der Waals surface area contributed by atoms with Gasteiger partial charge in [0.25, 0.3) is 0 Å². The van der Waals surface area contributed by atoms with E-state index in [1.54, 1.807) is 18.2 Å². The Labute approximate surface area is 127 Å². The zero-order valence-electron chi connectivity index (χ0n) is 12.9. The molecule has 0 aliphatic heterocycles. The molecule has 4 nitrogen and oxygen atoms in total. The summed E-state index contributed by atoms with van der Waals surface area (Å²) in [6, 6.07) is 6.96. The minimum atomic E-state index is -1.44. The number of hydrogen-bond donors (Lipinski definition) is 2. The van der Waals surface area contributed by atoms with E-state index >= 15 is 0 Å². The Morgan fingerprint density at radius 3 is 2.71 bits per heavy atom. The van der Waals surface area contributed by atoms with Gasteiger partial charge in [0.05, 0.1) is 0 Å². The lowest BCUT2D eigenvalue weighted by Gasteiger charge is -2.26. The van der Waals surface area contributed by atoms with E-state index in [1.807, 2.05) is 6.07 Å². The molecule has 1 aromatic rings. The highest BCUT2D eigenvalue weighted by molar-refractivity contribution is 6.58. The lowest BCUT2D eigenvalue weighted by molar-refractivity contribution is 0.195. The molecule has 116 valence electrons. The first-order valence-corrected chi connectivity index (χ1v) is 7.92. The number of ether oxygens (including phenoxy) is 1. The van der Waals surface area contributed by atoms with Gasteiger partial charge in [0.15, 0.2) is 0 Å². The third-order valence-electron chi connectivity index (χ3n) is 4.19. The van der Waals surface area contributed by atoms with Gasteiger partial charge in [-0.2, -0.15) is 0 Å². The minimum absolute atomic E-state index is 0.461. The molecule has 21 heavy (non-hydrogen) atoms. The highest BCUT2D eigenvalue weighted by Crippen LogP contribution is 2.23. The molecule has 0 atom stereocenters. The highest BCUT2D eigenvalue weighted by atomic mass is 16.5. The van der Waals surface area contributed by atoms with Crippen LogP contribution in [0.4, 0.5) is 0 Å². The average Bonchev–Trinajstić information content (AvgIpc) is 2.48. The van der Waals surface area contributed by atoms with E-state index in [-0.39, 0.29) is 0 Å². The van der Waals surface area contributed by atoms with Crippen LogP contribution in [0.1, 0.15) is 32.1 Å². The summed E-state index contributed by atoms with van der Waals surface area (Å²) in [5.41, 5.74) is 0.461. The van der Waals surface area contributed by atoms with Gasteiger partial charge < -0.3 is 19.7 Å². The molecule has 2 N–H and O–H groups in total. The second-order valence-corrected chi connectivity index (χ2v) is 6.06. The van der Waals surface area contributed by atoms with Gasteiger partial charge in [0.1, 0.15) is 12.4 Å². The number of rotatable bonds is 7. The van der Waals surface area contributed by atoms with Crippen LogP contribution in [0.5, 0.6) is 5.75 Å². The van der Waals surface area contributed by atoms with Gasteiger partial charge >= 0.3 is 7.12 Å². The first kappa shape index (κ1) is 16.3. The maximum absolute atomic E-state index is 9.14. The Morgan fingerprint density at radius 2 is 2.00 bits per heavy atom. The van der Waals surface area contributed by atoms with Gasteiger partial charge in [0.2, 0.25) is 0 Å². The van der Waals surface area contributed by atoms with Gasteiger partial charge in [-0.1, -0.05) is 31.4 Å². The number of nitrogens with zero attached hydrogens (tertiary/aromatic N) is 1. The SMILES string of the molecule is CN(CCOc1cccc(B(O)O)c1)CC1CCCCC1. The standard InChI is InChI=1S/C16H26BNO3/c1-18(13-14-6-3-2-4-7-14)10-11-21-16-9-5-8-15(12-16)17(19)20/h5,8-9,12,14,19-20H,2-4,6-7,10-11,13H2,1H3. The normalized spacial score (nSPS) is 16.2. The number of benzene rings is 1. The number of hydrogen-bond acceptors (Lipinski definition) is 4. The fraction of sp³-hybridized carbons (Fsp3) is 0.625. The molecular weight excluding hydrogens is 265 g/mol. The smallest absolute Gasteiger partial charge is 0.488 e. The molecule has 0 spiro atoms. The fourth-order valence-corrected chi connectivity index (χ4v) is 2.99. The van der Waals surface area contributed by atoms with Gasteiger partial charge in [-0.25, -0.2) is 0 Å². The molecule has 0 aromatic heterocycles. The maximum Gasteiger partial charge on any atom is 0.488 e. The second kappa shape index (κ2) is 8.42. The van der Waals surface area contributed by atoms with Gasteiger partial charge in [-0.05, 0) is 43.4 Å². The van der Waals surface area contributed by atoms with E-state index in [0.29, 0.717) is 17.8 Å². The quantitative estimate of drug-likeness (QED) is 0.743. The van der Waals surface area contributed by atoms with E-state index in [2.05, 4.69) is 11.9 Å². The van der Waals surface area contributed by atoms with E-state index < -0.39 is 7.12 Å². The Hall–Kier alpha value is -1.04. The Bertz CT molecular complexity index is 422. The third-order valence-corrected chi connectivity index (χ3v) is 4.19. The van der Waals surface area contributed by atoms with Crippen LogP contribution < -0.4 is 10.2 Å². The minimum Gasteiger partial charge on any atom is -0.492 e. The summed E-state index contributed by atoms with van der Waals surface area (Å²) >= 11 is 0. The molecule has 0 heterocycles. The van der Waals surface area contributed by atoms with E-state index in [0.717, 1.165) is 19.0 Å². The van der Waals surface area contributed by atoms with Crippen LogP contribution in [-0.2, 0) is 0 Å². The van der Waals surface area contributed by atoms with Crippen LogP contribution in [0.2, 0.25) is 0 Å². The highest BCUT2D eigenvalue weighted by Gasteiger charge is 2.15. The first-order valence-electron chi connectivity index (χ1n) is 7.92. The largest absolute Gasteiger partial charge is 0.492 e. The summed E-state index contributed by atoms with van der Waals surface area (Å²) in [7, 11) is 0.703. The summed E-state index contributed by atoms with van der Waals surface area (Å²) in [6.45, 7) is 2.66. The predicted octanol–water partition coefficient (Wildman–Crippen LogP) is 1.26. The zero-order valence-corrected chi connectivity index (χ0v) is 12.9. The monoisotopic (exact) mass is 291 g/mol. The predicted molar refractivity (Wildman–Crippen MR) is 85.8 cm³/mol.